The zero-order chi connectivity index (χ0) is 17.4. The summed E-state index contributed by atoms with van der Waals surface area (Å²) in [5, 5.41) is 17.9. The Balaban J connectivity index is 2.04. The molecular weight excluding hydrogens is 304 g/mol. The minimum absolute atomic E-state index is 0.112. The van der Waals surface area contributed by atoms with Crippen LogP contribution in [0.2, 0.25) is 0 Å². The Bertz CT molecular complexity index is 720. The number of rotatable bonds is 4. The van der Waals surface area contributed by atoms with E-state index in [2.05, 4.69) is 10.5 Å². The molecule has 1 fully saturated rings. The third-order valence-corrected chi connectivity index (χ3v) is 5.12. The van der Waals surface area contributed by atoms with Gasteiger partial charge < -0.3 is 14.9 Å². The quantitative estimate of drug-likeness (QED) is 0.844. The second-order valence-electron chi connectivity index (χ2n) is 7.19. The molecule has 24 heavy (non-hydrogen) atoms. The molecule has 1 atom stereocenters. The zero-order valence-electron chi connectivity index (χ0n) is 14.4. The summed E-state index contributed by atoms with van der Waals surface area (Å²) in [7, 11) is 0. The molecular formula is C19H24N2O3. The SMILES string of the molecule is Cc1ccc(-c2oncc2C(=O)[C@]2(C(C)(C)O)CCCNC2)cc1. The van der Waals surface area contributed by atoms with Gasteiger partial charge in [-0.15, -0.1) is 0 Å². The first-order chi connectivity index (χ1) is 11.3. The van der Waals surface area contributed by atoms with Crippen molar-refractivity contribution in [3.05, 3.63) is 41.6 Å². The molecule has 1 aliphatic rings. The molecule has 5 heteroatoms. The number of ketones is 1. The summed E-state index contributed by atoms with van der Waals surface area (Å²) in [5.74, 6) is 0.355. The topological polar surface area (TPSA) is 75.4 Å². The second kappa shape index (κ2) is 6.15. The molecule has 0 amide bonds. The molecule has 5 nitrogen and oxygen atoms in total. The summed E-state index contributed by atoms with van der Waals surface area (Å²) in [6.45, 7) is 6.73. The van der Waals surface area contributed by atoms with Crippen LogP contribution in [-0.4, -0.2) is 34.7 Å². The number of carbonyl (C=O) groups excluding carboxylic acids is 1. The average Bonchev–Trinajstić information content (AvgIpc) is 3.04. The molecule has 1 aromatic carbocycles. The first kappa shape index (κ1) is 16.9. The van der Waals surface area contributed by atoms with Crippen molar-refractivity contribution < 1.29 is 14.4 Å². The maximum absolute atomic E-state index is 13.4. The Hall–Kier alpha value is -1.98. The van der Waals surface area contributed by atoms with Gasteiger partial charge in [0.15, 0.2) is 11.5 Å². The van der Waals surface area contributed by atoms with Gasteiger partial charge in [0.25, 0.3) is 0 Å². The lowest BCUT2D eigenvalue weighted by Gasteiger charge is -2.44. The molecule has 0 unspecified atom stereocenters. The van der Waals surface area contributed by atoms with Crippen LogP contribution in [0.4, 0.5) is 0 Å². The summed E-state index contributed by atoms with van der Waals surface area (Å²) < 4.78 is 5.39. The van der Waals surface area contributed by atoms with Crippen molar-refractivity contribution in [2.45, 2.75) is 39.2 Å². The normalized spacial score (nSPS) is 21.7. The summed E-state index contributed by atoms with van der Waals surface area (Å²) in [6, 6.07) is 7.78. The van der Waals surface area contributed by atoms with Crippen molar-refractivity contribution in [3.8, 4) is 11.3 Å². The van der Waals surface area contributed by atoms with Gasteiger partial charge in [0.1, 0.15) is 0 Å². The fraction of sp³-hybridized carbons (Fsp3) is 0.474. The number of aliphatic hydroxyl groups is 1. The number of nitrogens with one attached hydrogen (secondary N) is 1. The van der Waals surface area contributed by atoms with Crippen molar-refractivity contribution in [1.29, 1.82) is 0 Å². The molecule has 0 bridgehead atoms. The van der Waals surface area contributed by atoms with Crippen molar-refractivity contribution >= 4 is 5.78 Å². The summed E-state index contributed by atoms with van der Waals surface area (Å²) >= 11 is 0. The van der Waals surface area contributed by atoms with E-state index in [1.165, 1.54) is 6.20 Å². The zero-order valence-corrected chi connectivity index (χ0v) is 14.4. The summed E-state index contributed by atoms with van der Waals surface area (Å²) in [6.07, 6.45) is 2.96. The molecule has 1 aliphatic heterocycles. The third kappa shape index (κ3) is 2.78. The summed E-state index contributed by atoms with van der Waals surface area (Å²) in [4.78, 5) is 13.4. The molecule has 2 aromatic rings. The largest absolute Gasteiger partial charge is 0.389 e. The maximum Gasteiger partial charge on any atom is 0.178 e. The lowest BCUT2D eigenvalue weighted by molar-refractivity contribution is -0.0482. The highest BCUT2D eigenvalue weighted by Gasteiger charge is 2.51. The molecule has 0 radical (unpaired) electrons. The van der Waals surface area contributed by atoms with E-state index >= 15 is 0 Å². The number of carbonyl (C=O) groups is 1. The number of nitrogens with zero attached hydrogens (tertiary/aromatic N) is 1. The minimum atomic E-state index is -1.14. The van der Waals surface area contributed by atoms with Crippen LogP contribution >= 0.6 is 0 Å². The number of benzene rings is 1. The molecule has 2 heterocycles. The van der Waals surface area contributed by atoms with Crippen molar-refractivity contribution in [3.63, 3.8) is 0 Å². The van der Waals surface area contributed by atoms with E-state index in [0.29, 0.717) is 24.3 Å². The van der Waals surface area contributed by atoms with Crippen LogP contribution in [0.25, 0.3) is 11.3 Å². The Morgan fingerprint density at radius 1 is 1.33 bits per heavy atom. The lowest BCUT2D eigenvalue weighted by atomic mass is 9.64. The van der Waals surface area contributed by atoms with Crippen LogP contribution in [0.3, 0.4) is 0 Å². The van der Waals surface area contributed by atoms with Gasteiger partial charge in [-0.3, -0.25) is 4.79 Å². The molecule has 0 spiro atoms. The molecule has 128 valence electrons. The van der Waals surface area contributed by atoms with Gasteiger partial charge in [-0.1, -0.05) is 35.0 Å². The van der Waals surface area contributed by atoms with Gasteiger partial charge in [-0.25, -0.2) is 0 Å². The highest BCUT2D eigenvalue weighted by molar-refractivity contribution is 6.05. The van der Waals surface area contributed by atoms with E-state index < -0.39 is 11.0 Å². The first-order valence-electron chi connectivity index (χ1n) is 8.35. The highest BCUT2D eigenvalue weighted by atomic mass is 16.5. The van der Waals surface area contributed by atoms with Crippen molar-refractivity contribution in [2.75, 3.05) is 13.1 Å². The van der Waals surface area contributed by atoms with E-state index in [4.69, 9.17) is 4.52 Å². The van der Waals surface area contributed by atoms with Gasteiger partial charge >= 0.3 is 0 Å². The number of piperidine rings is 1. The second-order valence-corrected chi connectivity index (χ2v) is 7.19. The van der Waals surface area contributed by atoms with Crippen molar-refractivity contribution in [2.24, 2.45) is 5.41 Å². The smallest absolute Gasteiger partial charge is 0.178 e. The van der Waals surface area contributed by atoms with E-state index in [9.17, 15) is 9.90 Å². The standard InChI is InChI=1S/C19H24N2O3/c1-13-5-7-14(8-6-13)16-15(11-21-24-16)17(22)19(18(2,3)23)9-4-10-20-12-19/h5-8,11,20,23H,4,9-10,12H2,1-3H3/t19-/m0/s1. The van der Waals surface area contributed by atoms with Crippen LogP contribution in [0.1, 0.15) is 42.6 Å². The molecule has 0 aliphatic carbocycles. The van der Waals surface area contributed by atoms with Crippen LogP contribution in [0, 0.1) is 12.3 Å². The van der Waals surface area contributed by atoms with E-state index in [1.54, 1.807) is 13.8 Å². The fourth-order valence-corrected chi connectivity index (χ4v) is 3.47. The van der Waals surface area contributed by atoms with Gasteiger partial charge in [-0.05, 0) is 40.2 Å². The molecule has 2 N–H and O–H groups in total. The first-order valence-corrected chi connectivity index (χ1v) is 8.35. The number of hydrogen-bond donors (Lipinski definition) is 2. The van der Waals surface area contributed by atoms with E-state index in [0.717, 1.165) is 24.1 Å². The van der Waals surface area contributed by atoms with Gasteiger partial charge in [0.05, 0.1) is 22.8 Å². The molecule has 1 aromatic heterocycles. The van der Waals surface area contributed by atoms with Gasteiger partial charge in [-0.2, -0.15) is 0 Å². The van der Waals surface area contributed by atoms with Crippen LogP contribution in [0.5, 0.6) is 0 Å². The third-order valence-electron chi connectivity index (χ3n) is 5.12. The number of hydrogen-bond acceptors (Lipinski definition) is 5. The Morgan fingerprint density at radius 3 is 2.62 bits per heavy atom. The predicted molar refractivity (Wildman–Crippen MR) is 91.8 cm³/mol. The van der Waals surface area contributed by atoms with E-state index in [-0.39, 0.29) is 5.78 Å². The Morgan fingerprint density at radius 2 is 2.04 bits per heavy atom. The highest BCUT2D eigenvalue weighted by Crippen LogP contribution is 2.42. The summed E-state index contributed by atoms with van der Waals surface area (Å²) in [5.41, 5.74) is 0.367. The monoisotopic (exact) mass is 328 g/mol. The Labute approximate surface area is 142 Å². The lowest BCUT2D eigenvalue weighted by Crippen LogP contribution is -2.57. The molecule has 0 saturated carbocycles. The number of Topliss-reactive ketones (excluding diaryl/α,β-unsaturated/α-hetero) is 1. The van der Waals surface area contributed by atoms with Gasteiger partial charge in [0.2, 0.25) is 0 Å². The molecule has 1 saturated heterocycles. The van der Waals surface area contributed by atoms with Gasteiger partial charge in [0, 0.05) is 12.1 Å². The van der Waals surface area contributed by atoms with Crippen LogP contribution in [-0.2, 0) is 0 Å². The Kier molecular flexibility index (Phi) is 4.32. The fourth-order valence-electron chi connectivity index (χ4n) is 3.47. The minimum Gasteiger partial charge on any atom is -0.389 e. The average molecular weight is 328 g/mol. The number of aromatic nitrogens is 1. The van der Waals surface area contributed by atoms with E-state index in [1.807, 2.05) is 31.2 Å². The maximum atomic E-state index is 13.4. The van der Waals surface area contributed by atoms with Crippen LogP contribution in [0.15, 0.2) is 35.0 Å². The number of aryl methyl sites for hydroxylation is 1. The van der Waals surface area contributed by atoms with Crippen LogP contribution < -0.4 is 5.32 Å². The predicted octanol–water partition coefficient (Wildman–Crippen LogP) is 2.97. The van der Waals surface area contributed by atoms with Crippen molar-refractivity contribution in [1.82, 2.24) is 10.5 Å². The molecule has 3 rings (SSSR count).